The first-order valence-electron chi connectivity index (χ1n) is 6.89. The van der Waals surface area contributed by atoms with Crippen LogP contribution in [0, 0.1) is 5.92 Å². The van der Waals surface area contributed by atoms with Gasteiger partial charge in [0, 0.05) is 11.7 Å². The lowest BCUT2D eigenvalue weighted by Gasteiger charge is -2.16. The predicted octanol–water partition coefficient (Wildman–Crippen LogP) is 2.54. The second-order valence-corrected chi connectivity index (χ2v) is 7.20. The van der Waals surface area contributed by atoms with Crippen molar-refractivity contribution in [3.8, 4) is 0 Å². The van der Waals surface area contributed by atoms with Crippen LogP contribution in [0.3, 0.4) is 0 Å². The Morgan fingerprint density at radius 3 is 2.35 bits per heavy atom. The second kappa shape index (κ2) is 6.95. The summed E-state index contributed by atoms with van der Waals surface area (Å²) in [5.41, 5.74) is 6.71. The molecule has 5 N–H and O–H groups in total. The summed E-state index contributed by atoms with van der Waals surface area (Å²) in [5, 5.41) is 8.39. The van der Waals surface area contributed by atoms with Crippen molar-refractivity contribution in [2.75, 3.05) is 11.1 Å². The summed E-state index contributed by atoms with van der Waals surface area (Å²) in [4.78, 5) is -0.0319. The van der Waals surface area contributed by atoms with Crippen LogP contribution in [0.1, 0.15) is 40.0 Å². The highest BCUT2D eigenvalue weighted by atomic mass is 32.2. The first-order chi connectivity index (χ1) is 9.20. The van der Waals surface area contributed by atoms with Gasteiger partial charge in [-0.25, -0.2) is 13.6 Å². The van der Waals surface area contributed by atoms with E-state index in [1.54, 1.807) is 12.1 Å². The monoisotopic (exact) mass is 299 g/mol. The van der Waals surface area contributed by atoms with E-state index in [4.69, 9.17) is 10.9 Å². The number of hydrogen-bond donors (Lipinski definition) is 3. The van der Waals surface area contributed by atoms with E-state index >= 15 is 0 Å². The van der Waals surface area contributed by atoms with Crippen molar-refractivity contribution in [2.45, 2.75) is 51.0 Å². The lowest BCUT2D eigenvalue weighted by Crippen LogP contribution is -2.17. The number of hydrogen-bond acceptors (Lipinski definition) is 4. The summed E-state index contributed by atoms with van der Waals surface area (Å²) >= 11 is 0. The molecule has 6 heteroatoms. The van der Waals surface area contributed by atoms with Gasteiger partial charge in [0.15, 0.2) is 0 Å². The smallest absolute Gasteiger partial charge is 0.240 e. The van der Waals surface area contributed by atoms with Crippen molar-refractivity contribution in [1.82, 2.24) is 0 Å². The number of nitrogens with two attached hydrogens (primary N) is 2. The van der Waals surface area contributed by atoms with Crippen molar-refractivity contribution in [3.63, 3.8) is 0 Å². The molecule has 1 unspecified atom stereocenters. The molecular formula is C14H25N3O2S. The molecule has 0 bridgehead atoms. The fourth-order valence-corrected chi connectivity index (χ4v) is 2.73. The predicted molar refractivity (Wildman–Crippen MR) is 84.0 cm³/mol. The second-order valence-electron chi connectivity index (χ2n) is 5.67. The molecule has 0 heterocycles. The lowest BCUT2D eigenvalue weighted by molar-refractivity contribution is 0.520. The van der Waals surface area contributed by atoms with Crippen LogP contribution in [0.4, 0.5) is 11.4 Å². The van der Waals surface area contributed by atoms with Crippen molar-refractivity contribution < 1.29 is 8.42 Å². The molecule has 0 aliphatic rings. The molecule has 0 saturated heterocycles. The molecule has 1 aromatic rings. The molecule has 0 saturated carbocycles. The number of anilines is 2. The number of rotatable bonds is 7. The standard InChI is InChI=1S/C14H25N3O2S/c1-10(2)5-4-6-11(3)17-12-7-8-14(13(15)9-12)20(16,18)19/h7-11,17H,4-6,15H2,1-3H3,(H2,16,18,19). The minimum Gasteiger partial charge on any atom is -0.398 e. The largest absolute Gasteiger partial charge is 0.398 e. The van der Waals surface area contributed by atoms with Gasteiger partial charge in [0.25, 0.3) is 0 Å². The maximum atomic E-state index is 11.3. The zero-order valence-corrected chi connectivity index (χ0v) is 13.2. The van der Waals surface area contributed by atoms with Crippen molar-refractivity contribution in [1.29, 1.82) is 0 Å². The summed E-state index contributed by atoms with van der Waals surface area (Å²) in [7, 11) is -3.76. The van der Waals surface area contributed by atoms with Crippen LogP contribution >= 0.6 is 0 Å². The Hall–Kier alpha value is -1.27. The maximum Gasteiger partial charge on any atom is 0.240 e. The highest BCUT2D eigenvalue weighted by Crippen LogP contribution is 2.22. The maximum absolute atomic E-state index is 11.3. The molecule has 0 aromatic heterocycles. The Balaban J connectivity index is 2.63. The zero-order valence-electron chi connectivity index (χ0n) is 12.4. The summed E-state index contributed by atoms with van der Waals surface area (Å²) in [6.07, 6.45) is 3.43. The number of nitrogen functional groups attached to an aromatic ring is 1. The summed E-state index contributed by atoms with van der Waals surface area (Å²) in [5.74, 6) is 0.715. The molecule has 1 atom stereocenters. The van der Waals surface area contributed by atoms with Gasteiger partial charge in [-0.1, -0.05) is 26.7 Å². The van der Waals surface area contributed by atoms with Crippen LogP contribution in [0.15, 0.2) is 23.1 Å². The third-order valence-electron chi connectivity index (χ3n) is 3.15. The molecule has 5 nitrogen and oxygen atoms in total. The lowest BCUT2D eigenvalue weighted by atomic mass is 10.0. The molecule has 1 rings (SSSR count). The molecule has 0 aliphatic carbocycles. The van der Waals surface area contributed by atoms with Gasteiger partial charge in [-0.2, -0.15) is 0 Å². The first-order valence-corrected chi connectivity index (χ1v) is 8.43. The summed E-state index contributed by atoms with van der Waals surface area (Å²) in [6, 6.07) is 5.05. The van der Waals surface area contributed by atoms with Gasteiger partial charge in [-0.15, -0.1) is 0 Å². The molecule has 0 amide bonds. The SMILES string of the molecule is CC(C)CCCC(C)Nc1ccc(S(N)(=O)=O)c(N)c1. The van der Waals surface area contributed by atoms with Gasteiger partial charge in [0.2, 0.25) is 10.0 Å². The van der Waals surface area contributed by atoms with Crippen LogP contribution in [0.5, 0.6) is 0 Å². The quantitative estimate of drug-likeness (QED) is 0.674. The Morgan fingerprint density at radius 1 is 1.20 bits per heavy atom. The zero-order chi connectivity index (χ0) is 15.3. The first kappa shape index (κ1) is 16.8. The van der Waals surface area contributed by atoms with E-state index in [0.717, 1.165) is 18.5 Å². The van der Waals surface area contributed by atoms with E-state index in [0.29, 0.717) is 12.0 Å². The molecule has 0 aliphatic heterocycles. The molecular weight excluding hydrogens is 274 g/mol. The van der Waals surface area contributed by atoms with E-state index in [2.05, 4.69) is 26.1 Å². The number of primary sulfonamides is 1. The van der Waals surface area contributed by atoms with Gasteiger partial charge in [0.1, 0.15) is 4.90 Å². The summed E-state index contributed by atoms with van der Waals surface area (Å²) < 4.78 is 22.5. The Kier molecular flexibility index (Phi) is 5.83. The van der Waals surface area contributed by atoms with Gasteiger partial charge < -0.3 is 11.1 Å². The van der Waals surface area contributed by atoms with E-state index in [1.807, 2.05) is 0 Å². The highest BCUT2D eigenvalue weighted by Gasteiger charge is 2.12. The van der Waals surface area contributed by atoms with Crippen LogP contribution in [0.25, 0.3) is 0 Å². The molecule has 20 heavy (non-hydrogen) atoms. The van der Waals surface area contributed by atoms with E-state index in [1.165, 1.54) is 12.5 Å². The van der Waals surface area contributed by atoms with Crippen molar-refractivity contribution >= 4 is 21.4 Å². The average molecular weight is 299 g/mol. The number of benzene rings is 1. The van der Waals surface area contributed by atoms with Gasteiger partial charge in [-0.05, 0) is 37.5 Å². The minimum absolute atomic E-state index is 0.0319. The van der Waals surface area contributed by atoms with Crippen molar-refractivity contribution in [3.05, 3.63) is 18.2 Å². The summed E-state index contributed by atoms with van der Waals surface area (Å²) in [6.45, 7) is 6.53. The van der Waals surface area contributed by atoms with Crippen molar-refractivity contribution in [2.24, 2.45) is 11.1 Å². The van der Waals surface area contributed by atoms with Crippen LogP contribution in [-0.2, 0) is 10.0 Å². The van der Waals surface area contributed by atoms with E-state index < -0.39 is 10.0 Å². The van der Waals surface area contributed by atoms with Gasteiger partial charge in [0.05, 0.1) is 5.69 Å². The van der Waals surface area contributed by atoms with Crippen LogP contribution < -0.4 is 16.2 Å². The normalized spacial score (nSPS) is 13.4. The Labute approximate surface area is 121 Å². The van der Waals surface area contributed by atoms with E-state index in [-0.39, 0.29) is 10.6 Å². The van der Waals surface area contributed by atoms with E-state index in [9.17, 15) is 8.42 Å². The van der Waals surface area contributed by atoms with Gasteiger partial charge in [-0.3, -0.25) is 0 Å². The third kappa shape index (κ3) is 5.38. The molecule has 0 radical (unpaired) electrons. The topological polar surface area (TPSA) is 98.2 Å². The molecule has 114 valence electrons. The fourth-order valence-electron chi connectivity index (χ4n) is 2.09. The molecule has 1 aromatic carbocycles. The number of nitrogens with one attached hydrogen (secondary N) is 1. The fraction of sp³-hybridized carbons (Fsp3) is 0.571. The highest BCUT2D eigenvalue weighted by molar-refractivity contribution is 7.89. The number of sulfonamides is 1. The third-order valence-corrected chi connectivity index (χ3v) is 4.13. The molecule has 0 spiro atoms. The average Bonchev–Trinajstić information content (AvgIpc) is 2.26. The minimum atomic E-state index is -3.76. The Bertz CT molecular complexity index is 541. The van der Waals surface area contributed by atoms with Crippen LogP contribution in [0.2, 0.25) is 0 Å². The molecule has 0 fully saturated rings. The van der Waals surface area contributed by atoms with Crippen LogP contribution in [-0.4, -0.2) is 14.5 Å². The Morgan fingerprint density at radius 2 is 1.85 bits per heavy atom. The van der Waals surface area contributed by atoms with Gasteiger partial charge >= 0.3 is 0 Å².